The number of nitrogens with one attached hydrogen (secondary N) is 1. The molecular formula is C14H24NO7P. The molecule has 1 aliphatic carbocycles. The molecule has 1 unspecified atom stereocenters. The van der Waals surface area contributed by atoms with E-state index in [1.165, 1.54) is 0 Å². The van der Waals surface area contributed by atoms with Gasteiger partial charge in [-0.05, 0) is 12.8 Å². The number of alkyl carbamates (subject to hydrolysis) is 1. The minimum atomic E-state index is -3.43. The second kappa shape index (κ2) is 9.67. The van der Waals surface area contributed by atoms with Crippen LogP contribution in [0.2, 0.25) is 0 Å². The van der Waals surface area contributed by atoms with Crippen molar-refractivity contribution in [3.05, 3.63) is 0 Å². The van der Waals surface area contributed by atoms with Gasteiger partial charge in [-0.15, -0.1) is 0 Å². The highest BCUT2D eigenvalue weighted by Gasteiger charge is 2.22. The first-order valence-corrected chi connectivity index (χ1v) is 9.95. The van der Waals surface area contributed by atoms with Crippen molar-refractivity contribution >= 4 is 25.2 Å². The quantitative estimate of drug-likeness (QED) is 0.385. The highest BCUT2D eigenvalue weighted by atomic mass is 31.2. The highest BCUT2D eigenvalue weighted by Crippen LogP contribution is 2.34. The molecule has 0 aromatic heterocycles. The Morgan fingerprint density at radius 1 is 1.13 bits per heavy atom. The Labute approximate surface area is 135 Å². The molecule has 0 aliphatic heterocycles. The fraction of sp³-hybridized carbons (Fsp3) is 0.786. The maximum Gasteiger partial charge on any atom is 0.407 e. The van der Waals surface area contributed by atoms with E-state index >= 15 is 0 Å². The second-order valence-electron chi connectivity index (χ2n) is 5.74. The van der Waals surface area contributed by atoms with Crippen LogP contribution in [0, 0.1) is 5.92 Å². The molecule has 9 heteroatoms. The van der Waals surface area contributed by atoms with Gasteiger partial charge in [-0.3, -0.25) is 14.2 Å². The number of carbonyl (C=O) groups is 3. The number of carbonyl (C=O) groups excluding carboxylic acids is 3. The topological polar surface area (TPSA) is 119 Å². The number of Topliss-reactive ketones (excluding diaryl/α,β-unsaturated/α-hetero) is 1. The minimum Gasteiger partial charge on any atom is -0.462 e. The molecule has 2 N–H and O–H groups in total. The summed E-state index contributed by atoms with van der Waals surface area (Å²) >= 11 is 0. The largest absolute Gasteiger partial charge is 0.462 e. The van der Waals surface area contributed by atoms with Gasteiger partial charge in [-0.2, -0.15) is 0 Å². The number of ether oxygens (including phenoxy) is 2. The first-order chi connectivity index (χ1) is 10.8. The molecule has 0 aromatic rings. The average Bonchev–Trinajstić information content (AvgIpc) is 2.48. The zero-order valence-electron chi connectivity index (χ0n) is 13.3. The molecule has 1 rings (SSSR count). The molecule has 0 spiro atoms. The molecule has 132 valence electrons. The third kappa shape index (κ3) is 9.36. The summed E-state index contributed by atoms with van der Waals surface area (Å²) in [4.78, 5) is 43.3. The minimum absolute atomic E-state index is 0.0303. The first kappa shape index (κ1) is 19.6. The van der Waals surface area contributed by atoms with E-state index in [-0.39, 0.29) is 31.6 Å². The molecule has 1 amide bonds. The normalized spacial score (nSPS) is 17.8. The van der Waals surface area contributed by atoms with Crippen molar-refractivity contribution in [2.45, 2.75) is 32.1 Å². The monoisotopic (exact) mass is 349 g/mol. The first-order valence-electron chi connectivity index (χ1n) is 7.66. The Morgan fingerprint density at radius 3 is 2.35 bits per heavy atom. The molecule has 0 aromatic carbocycles. The van der Waals surface area contributed by atoms with Crippen LogP contribution in [0.5, 0.6) is 0 Å². The lowest BCUT2D eigenvalue weighted by atomic mass is 9.89. The fourth-order valence-corrected chi connectivity index (χ4v) is 3.10. The van der Waals surface area contributed by atoms with Crippen LogP contribution in [-0.4, -0.2) is 55.3 Å². The summed E-state index contributed by atoms with van der Waals surface area (Å²) in [6.07, 6.45) is 3.57. The molecule has 1 atom stereocenters. The summed E-state index contributed by atoms with van der Waals surface area (Å²) in [5.41, 5.74) is 0. The number of hydrogen-bond donors (Lipinski definition) is 2. The summed E-state index contributed by atoms with van der Waals surface area (Å²) < 4.78 is 20.8. The molecule has 1 saturated carbocycles. The van der Waals surface area contributed by atoms with Crippen LogP contribution >= 0.6 is 7.37 Å². The van der Waals surface area contributed by atoms with Crippen LogP contribution in [0.15, 0.2) is 0 Å². The van der Waals surface area contributed by atoms with Crippen molar-refractivity contribution in [2.75, 3.05) is 32.6 Å². The van der Waals surface area contributed by atoms with Crippen LogP contribution < -0.4 is 5.32 Å². The highest BCUT2D eigenvalue weighted by molar-refractivity contribution is 7.58. The van der Waals surface area contributed by atoms with Gasteiger partial charge in [0.15, 0.2) is 5.78 Å². The molecule has 23 heavy (non-hydrogen) atoms. The Bertz CT molecular complexity index is 468. The van der Waals surface area contributed by atoms with E-state index in [9.17, 15) is 18.9 Å². The van der Waals surface area contributed by atoms with E-state index in [0.717, 1.165) is 38.8 Å². The summed E-state index contributed by atoms with van der Waals surface area (Å²) in [6, 6.07) is 0. The van der Waals surface area contributed by atoms with Gasteiger partial charge in [0, 0.05) is 6.66 Å². The third-order valence-corrected chi connectivity index (χ3v) is 4.34. The lowest BCUT2D eigenvalue weighted by Crippen LogP contribution is -2.32. The molecule has 0 bridgehead atoms. The van der Waals surface area contributed by atoms with Crippen LogP contribution in [-0.2, 0) is 23.6 Å². The zero-order chi connectivity index (χ0) is 17.3. The van der Waals surface area contributed by atoms with E-state index < -0.39 is 25.4 Å². The van der Waals surface area contributed by atoms with E-state index in [4.69, 9.17) is 14.4 Å². The van der Waals surface area contributed by atoms with Crippen molar-refractivity contribution in [2.24, 2.45) is 5.92 Å². The smallest absolute Gasteiger partial charge is 0.407 e. The Balaban J connectivity index is 2.08. The Kier molecular flexibility index (Phi) is 8.26. The second-order valence-corrected chi connectivity index (χ2v) is 8.16. The van der Waals surface area contributed by atoms with Gasteiger partial charge in [0.1, 0.15) is 13.2 Å². The molecule has 1 aliphatic rings. The molecular weight excluding hydrogens is 325 g/mol. The molecule has 8 nitrogen and oxygen atoms in total. The van der Waals surface area contributed by atoms with Crippen molar-refractivity contribution in [3.63, 3.8) is 0 Å². The maximum absolute atomic E-state index is 11.7. The Morgan fingerprint density at radius 2 is 1.74 bits per heavy atom. The number of ketones is 1. The van der Waals surface area contributed by atoms with Gasteiger partial charge < -0.3 is 19.7 Å². The van der Waals surface area contributed by atoms with E-state index in [0.29, 0.717) is 0 Å². The number of esters is 1. The standard InChI is InChI=1S/C14H24NO7P/c1-23(19,20)10-12(16)9-15-14(18)22-8-7-21-13(17)11-5-3-2-4-6-11/h11H,2-10H2,1H3,(H,15,18)(H,19,20). The predicted octanol–water partition coefficient (Wildman–Crippen LogP) is 1.31. The van der Waals surface area contributed by atoms with Gasteiger partial charge in [0.25, 0.3) is 0 Å². The van der Waals surface area contributed by atoms with Gasteiger partial charge in [-0.25, -0.2) is 4.79 Å². The maximum atomic E-state index is 11.7. The van der Waals surface area contributed by atoms with Gasteiger partial charge >= 0.3 is 12.1 Å². The third-order valence-electron chi connectivity index (χ3n) is 3.40. The van der Waals surface area contributed by atoms with Crippen molar-refractivity contribution in [1.29, 1.82) is 0 Å². The van der Waals surface area contributed by atoms with E-state index in [2.05, 4.69) is 5.32 Å². The van der Waals surface area contributed by atoms with Crippen molar-refractivity contribution < 1.29 is 33.3 Å². The van der Waals surface area contributed by atoms with Crippen LogP contribution in [0.3, 0.4) is 0 Å². The predicted molar refractivity (Wildman–Crippen MR) is 82.5 cm³/mol. The summed E-state index contributed by atoms with van der Waals surface area (Å²) in [6.45, 7) is 0.561. The zero-order valence-corrected chi connectivity index (χ0v) is 14.2. The Hall–Kier alpha value is -1.40. The lowest BCUT2D eigenvalue weighted by Gasteiger charge is -2.19. The van der Waals surface area contributed by atoms with Crippen LogP contribution in [0.4, 0.5) is 4.79 Å². The van der Waals surface area contributed by atoms with Crippen molar-refractivity contribution in [3.8, 4) is 0 Å². The van der Waals surface area contributed by atoms with Gasteiger partial charge in [-0.1, -0.05) is 19.3 Å². The molecule has 0 radical (unpaired) electrons. The summed E-state index contributed by atoms with van der Waals surface area (Å²) in [5.74, 6) is -0.872. The van der Waals surface area contributed by atoms with Crippen molar-refractivity contribution in [1.82, 2.24) is 5.32 Å². The molecule has 0 heterocycles. The number of amides is 1. The van der Waals surface area contributed by atoms with E-state index in [1.807, 2.05) is 0 Å². The lowest BCUT2D eigenvalue weighted by molar-refractivity contribution is -0.150. The number of rotatable bonds is 8. The van der Waals surface area contributed by atoms with E-state index in [1.54, 1.807) is 0 Å². The SMILES string of the molecule is CP(=O)(O)CC(=O)CNC(=O)OCCOC(=O)C1CCCCC1. The fourth-order valence-electron chi connectivity index (χ4n) is 2.34. The van der Waals surface area contributed by atoms with Gasteiger partial charge in [0.05, 0.1) is 18.6 Å². The van der Waals surface area contributed by atoms with Gasteiger partial charge in [0.2, 0.25) is 7.37 Å². The van der Waals surface area contributed by atoms with Crippen LogP contribution in [0.1, 0.15) is 32.1 Å². The molecule has 1 fully saturated rings. The summed E-state index contributed by atoms with van der Waals surface area (Å²) in [5, 5.41) is 2.17. The molecule has 0 saturated heterocycles. The number of hydrogen-bond acceptors (Lipinski definition) is 6. The summed E-state index contributed by atoms with van der Waals surface area (Å²) in [7, 11) is -3.43. The van der Waals surface area contributed by atoms with Crippen LogP contribution in [0.25, 0.3) is 0 Å². The average molecular weight is 349 g/mol.